The number of carbonyl (C=O) groups excluding carboxylic acids is 3. The predicted molar refractivity (Wildman–Crippen MR) is 330 cm³/mol. The molecule has 6 nitrogen and oxygen atoms in total. The van der Waals surface area contributed by atoms with Crippen molar-refractivity contribution in [2.24, 2.45) is 0 Å². The zero-order chi connectivity index (χ0) is 55.0. The normalized spacial score (nSPS) is 12.7. The summed E-state index contributed by atoms with van der Waals surface area (Å²) in [5, 5.41) is 0. The van der Waals surface area contributed by atoms with Gasteiger partial charge < -0.3 is 14.2 Å². The SMILES string of the molecule is CC/C=C\C/C=C\C/C=C\C/C=C\C/C=C\C/C=C\CCC(=O)OC(COC(=O)CCCCCCC/C=C\C/C=C\CCCCC)COC(=O)CCCCCCCCCCCCCCCCCCCCCCCCCC. The summed E-state index contributed by atoms with van der Waals surface area (Å²) in [6, 6.07) is 0. The van der Waals surface area contributed by atoms with Crippen LogP contribution in [0.15, 0.2) is 97.2 Å². The average molecular weight is 1060 g/mol. The van der Waals surface area contributed by atoms with Crippen molar-refractivity contribution in [2.45, 2.75) is 316 Å². The van der Waals surface area contributed by atoms with Gasteiger partial charge in [0.25, 0.3) is 0 Å². The van der Waals surface area contributed by atoms with E-state index in [1.54, 1.807) is 0 Å². The molecule has 0 aliphatic carbocycles. The predicted octanol–water partition coefficient (Wildman–Crippen LogP) is 22.0. The first-order chi connectivity index (χ1) is 37.5. The quantitative estimate of drug-likeness (QED) is 0.0261. The molecule has 0 radical (unpaired) electrons. The zero-order valence-electron chi connectivity index (χ0n) is 50.0. The number of hydrogen-bond donors (Lipinski definition) is 0. The van der Waals surface area contributed by atoms with Gasteiger partial charge in [0, 0.05) is 19.3 Å². The summed E-state index contributed by atoms with van der Waals surface area (Å²) in [6.07, 6.45) is 85.8. The highest BCUT2D eigenvalue weighted by Gasteiger charge is 2.19. The molecule has 1 atom stereocenters. The van der Waals surface area contributed by atoms with Crippen LogP contribution in [0.1, 0.15) is 310 Å². The number of hydrogen-bond acceptors (Lipinski definition) is 6. The van der Waals surface area contributed by atoms with Gasteiger partial charge in [-0.2, -0.15) is 0 Å². The summed E-state index contributed by atoms with van der Waals surface area (Å²) < 4.78 is 16.8. The van der Waals surface area contributed by atoms with E-state index in [4.69, 9.17) is 14.2 Å². The Balaban J connectivity index is 4.41. The molecule has 0 rings (SSSR count). The van der Waals surface area contributed by atoms with E-state index in [2.05, 4.69) is 112 Å². The van der Waals surface area contributed by atoms with Crippen LogP contribution in [0.25, 0.3) is 0 Å². The molecular weight excluding hydrogens is 937 g/mol. The van der Waals surface area contributed by atoms with Crippen molar-refractivity contribution in [2.75, 3.05) is 13.2 Å². The molecule has 0 aliphatic rings. The van der Waals surface area contributed by atoms with Gasteiger partial charge in [0.1, 0.15) is 13.2 Å². The van der Waals surface area contributed by atoms with Gasteiger partial charge in [0.15, 0.2) is 6.10 Å². The monoisotopic (exact) mass is 1060 g/mol. The molecule has 1 unspecified atom stereocenters. The van der Waals surface area contributed by atoms with Crippen LogP contribution >= 0.6 is 0 Å². The van der Waals surface area contributed by atoms with E-state index in [-0.39, 0.29) is 31.6 Å². The molecular formula is C70H120O6. The molecule has 0 aromatic rings. The Morgan fingerprint density at radius 1 is 0.276 bits per heavy atom. The van der Waals surface area contributed by atoms with Crippen LogP contribution < -0.4 is 0 Å². The first kappa shape index (κ1) is 72.3. The number of rotatable bonds is 58. The lowest BCUT2D eigenvalue weighted by molar-refractivity contribution is -0.166. The number of carbonyl (C=O) groups is 3. The van der Waals surface area contributed by atoms with Crippen LogP contribution in [0, 0.1) is 0 Å². The van der Waals surface area contributed by atoms with Gasteiger partial charge in [0.05, 0.1) is 0 Å². The minimum atomic E-state index is -0.825. The van der Waals surface area contributed by atoms with E-state index in [1.165, 1.54) is 161 Å². The molecule has 0 amide bonds. The first-order valence-electron chi connectivity index (χ1n) is 32.2. The van der Waals surface area contributed by atoms with Crippen molar-refractivity contribution >= 4 is 17.9 Å². The van der Waals surface area contributed by atoms with Crippen LogP contribution in [0.2, 0.25) is 0 Å². The fraction of sp³-hybridized carbons (Fsp3) is 0.729. The van der Waals surface area contributed by atoms with Crippen molar-refractivity contribution in [1.82, 2.24) is 0 Å². The van der Waals surface area contributed by atoms with E-state index in [9.17, 15) is 14.4 Å². The third-order valence-electron chi connectivity index (χ3n) is 13.8. The van der Waals surface area contributed by atoms with Gasteiger partial charge >= 0.3 is 17.9 Å². The minimum absolute atomic E-state index is 0.110. The van der Waals surface area contributed by atoms with E-state index in [0.717, 1.165) is 103 Å². The minimum Gasteiger partial charge on any atom is -0.462 e. The number of ether oxygens (including phenoxy) is 3. The van der Waals surface area contributed by atoms with Gasteiger partial charge in [-0.25, -0.2) is 0 Å². The van der Waals surface area contributed by atoms with Gasteiger partial charge in [0.2, 0.25) is 0 Å². The van der Waals surface area contributed by atoms with Gasteiger partial charge in [-0.05, 0) is 89.9 Å². The fourth-order valence-corrected chi connectivity index (χ4v) is 9.03. The second kappa shape index (κ2) is 63.9. The summed E-state index contributed by atoms with van der Waals surface area (Å²) in [4.78, 5) is 38.3. The number of allylic oxidation sites excluding steroid dienone is 16. The topological polar surface area (TPSA) is 78.9 Å². The molecule has 0 N–H and O–H groups in total. The molecule has 0 bridgehead atoms. The third-order valence-corrected chi connectivity index (χ3v) is 13.8. The van der Waals surface area contributed by atoms with Gasteiger partial charge in [-0.1, -0.05) is 298 Å². The van der Waals surface area contributed by atoms with Crippen LogP contribution in [-0.2, 0) is 28.6 Å². The summed E-state index contributed by atoms with van der Waals surface area (Å²) in [5.74, 6) is -0.999. The number of unbranched alkanes of at least 4 members (excludes halogenated alkanes) is 31. The smallest absolute Gasteiger partial charge is 0.306 e. The maximum atomic E-state index is 12.9. The van der Waals surface area contributed by atoms with Gasteiger partial charge in [-0.15, -0.1) is 0 Å². The summed E-state index contributed by atoms with van der Waals surface area (Å²) >= 11 is 0. The van der Waals surface area contributed by atoms with Crippen molar-refractivity contribution < 1.29 is 28.6 Å². The average Bonchev–Trinajstić information content (AvgIpc) is 3.42. The van der Waals surface area contributed by atoms with E-state index >= 15 is 0 Å². The molecule has 0 aromatic heterocycles. The van der Waals surface area contributed by atoms with Crippen molar-refractivity contribution in [3.8, 4) is 0 Å². The summed E-state index contributed by atoms with van der Waals surface area (Å²) in [6.45, 7) is 6.46. The highest BCUT2D eigenvalue weighted by atomic mass is 16.6. The largest absolute Gasteiger partial charge is 0.462 e. The molecule has 76 heavy (non-hydrogen) atoms. The van der Waals surface area contributed by atoms with E-state index < -0.39 is 12.1 Å². The Labute approximate surface area is 470 Å². The Morgan fingerprint density at radius 2 is 0.539 bits per heavy atom. The standard InChI is InChI=1S/C70H120O6/c1-4-7-10-13-16-19-22-25-28-30-32-33-34-35-36-38-39-42-45-48-51-54-57-60-63-69(72)75-66-67(65-74-68(71)62-59-56-53-50-47-44-41-27-24-21-18-15-12-9-6-3)76-70(73)64-61-58-55-52-49-46-43-40-37-31-29-26-23-20-17-14-11-8-5-2/h8,11,17-18,20-21,26-27,29,37,40-41,46,49,55,58,67H,4-7,9-10,12-16,19,22-25,28,30-36,38-39,42-45,47-48,50-54,56-57,59-66H2,1-3H3/b11-8-,20-17-,21-18-,29-26-,40-37-,41-27-,49-46-,58-55-. The first-order valence-corrected chi connectivity index (χ1v) is 32.2. The molecule has 436 valence electrons. The zero-order valence-corrected chi connectivity index (χ0v) is 50.0. The van der Waals surface area contributed by atoms with E-state index in [0.29, 0.717) is 19.3 Å². The summed E-state index contributed by atoms with van der Waals surface area (Å²) in [7, 11) is 0. The lowest BCUT2D eigenvalue weighted by Crippen LogP contribution is -2.30. The van der Waals surface area contributed by atoms with Crippen molar-refractivity contribution in [3.05, 3.63) is 97.2 Å². The molecule has 0 heterocycles. The van der Waals surface area contributed by atoms with Crippen LogP contribution in [0.3, 0.4) is 0 Å². The second-order valence-electron chi connectivity index (χ2n) is 21.3. The lowest BCUT2D eigenvalue weighted by Gasteiger charge is -2.18. The fourth-order valence-electron chi connectivity index (χ4n) is 9.03. The Bertz CT molecular complexity index is 1490. The van der Waals surface area contributed by atoms with Crippen LogP contribution in [0.5, 0.6) is 0 Å². The second-order valence-corrected chi connectivity index (χ2v) is 21.3. The number of esters is 3. The Hall–Kier alpha value is -3.67. The van der Waals surface area contributed by atoms with E-state index in [1.807, 2.05) is 6.08 Å². The highest BCUT2D eigenvalue weighted by Crippen LogP contribution is 2.17. The molecule has 0 aliphatic heterocycles. The molecule has 0 spiro atoms. The molecule has 6 heteroatoms. The molecule has 0 saturated carbocycles. The Morgan fingerprint density at radius 3 is 0.882 bits per heavy atom. The Kier molecular flexibility index (Phi) is 60.8. The van der Waals surface area contributed by atoms with Crippen molar-refractivity contribution in [3.63, 3.8) is 0 Å². The van der Waals surface area contributed by atoms with Gasteiger partial charge in [-0.3, -0.25) is 14.4 Å². The molecule has 0 saturated heterocycles. The van der Waals surface area contributed by atoms with Crippen molar-refractivity contribution in [1.29, 1.82) is 0 Å². The molecule has 0 aromatic carbocycles. The highest BCUT2D eigenvalue weighted by molar-refractivity contribution is 5.71. The van der Waals surface area contributed by atoms with Crippen LogP contribution in [-0.4, -0.2) is 37.2 Å². The third kappa shape index (κ3) is 61.2. The molecule has 0 fully saturated rings. The summed E-state index contributed by atoms with van der Waals surface area (Å²) in [5.41, 5.74) is 0. The van der Waals surface area contributed by atoms with Crippen LogP contribution in [0.4, 0.5) is 0 Å². The maximum absolute atomic E-state index is 12.9. The lowest BCUT2D eigenvalue weighted by atomic mass is 10.0. The maximum Gasteiger partial charge on any atom is 0.306 e.